The molecule has 0 radical (unpaired) electrons. The molecule has 226 valence electrons. The van der Waals surface area contributed by atoms with Crippen molar-refractivity contribution in [2.24, 2.45) is 0 Å². The van der Waals surface area contributed by atoms with Crippen LogP contribution in [0.2, 0.25) is 0 Å². The van der Waals surface area contributed by atoms with Crippen molar-refractivity contribution in [3.8, 4) is 17.2 Å². The van der Waals surface area contributed by atoms with E-state index in [0.29, 0.717) is 40.4 Å². The zero-order valence-electron chi connectivity index (χ0n) is 23.8. The summed E-state index contributed by atoms with van der Waals surface area (Å²) in [4.78, 5) is 29.4. The molecule has 0 saturated heterocycles. The number of benzene rings is 3. The van der Waals surface area contributed by atoms with E-state index in [0.717, 1.165) is 12.0 Å². The van der Waals surface area contributed by atoms with E-state index in [1.165, 1.54) is 29.2 Å². The molecule has 2 amide bonds. The normalized spacial score (nSPS) is 14.6. The van der Waals surface area contributed by atoms with Gasteiger partial charge in [0.15, 0.2) is 11.5 Å². The van der Waals surface area contributed by atoms with Crippen LogP contribution in [0.3, 0.4) is 0 Å². The molecular formula is C30H32N4O7S2. The summed E-state index contributed by atoms with van der Waals surface area (Å²) in [5, 5.41) is 3.22. The van der Waals surface area contributed by atoms with Crippen molar-refractivity contribution in [3.05, 3.63) is 94.5 Å². The standard InChI is InChI=1S/C30H32N4O7S2/c1-4-5-21-16-23(29(35)31-34-14-15-42-33-34)9-12-25(21)41-28(22-8-13-26-27(17-22)40-18-39-26)30(36)32-43(37,38)24-10-6-20(7-11-24)19(2)3/h6-17,19,28,33H,4-5,18H2,1-3H3,(H,31,35)(H,32,36). The molecule has 13 heteroatoms. The molecule has 0 bridgehead atoms. The number of nitrogens with one attached hydrogen (secondary N) is 3. The average molecular weight is 625 g/mol. The van der Waals surface area contributed by atoms with Crippen LogP contribution in [0.15, 0.2) is 77.2 Å². The molecule has 0 aliphatic carbocycles. The maximum absolute atomic E-state index is 13.7. The number of fused-ring (bicyclic) bond motifs is 1. The number of nitrogens with zero attached hydrogens (tertiary/aromatic N) is 1. The van der Waals surface area contributed by atoms with Crippen LogP contribution in [0.4, 0.5) is 0 Å². The Hall–Kier alpha value is -4.20. The predicted octanol–water partition coefficient (Wildman–Crippen LogP) is 4.70. The van der Waals surface area contributed by atoms with E-state index >= 15 is 0 Å². The monoisotopic (exact) mass is 624 g/mol. The number of hydrogen-bond acceptors (Lipinski definition) is 10. The Labute approximate surface area is 254 Å². The maximum Gasteiger partial charge on any atom is 0.279 e. The molecule has 11 nitrogen and oxygen atoms in total. The average Bonchev–Trinajstić information content (AvgIpc) is 3.68. The van der Waals surface area contributed by atoms with Gasteiger partial charge >= 0.3 is 0 Å². The molecule has 2 heterocycles. The first kappa shape index (κ1) is 30.3. The fourth-order valence-electron chi connectivity index (χ4n) is 4.50. The topological polar surface area (TPSA) is 135 Å². The molecule has 3 aromatic carbocycles. The second-order valence-corrected chi connectivity index (χ2v) is 12.6. The van der Waals surface area contributed by atoms with Gasteiger partial charge in [-0.25, -0.2) is 23.7 Å². The first-order valence-electron chi connectivity index (χ1n) is 13.7. The van der Waals surface area contributed by atoms with E-state index < -0.39 is 22.0 Å². The van der Waals surface area contributed by atoms with Crippen molar-refractivity contribution in [3.63, 3.8) is 0 Å². The lowest BCUT2D eigenvalue weighted by atomic mass is 10.0. The third-order valence-electron chi connectivity index (χ3n) is 6.77. The molecule has 2 aliphatic rings. The van der Waals surface area contributed by atoms with Gasteiger partial charge in [-0.1, -0.05) is 45.4 Å². The molecule has 0 spiro atoms. The van der Waals surface area contributed by atoms with Crippen molar-refractivity contribution < 1.29 is 32.2 Å². The van der Waals surface area contributed by atoms with Crippen LogP contribution >= 0.6 is 11.9 Å². The first-order chi connectivity index (χ1) is 20.6. The van der Waals surface area contributed by atoms with E-state index in [1.54, 1.807) is 60.1 Å². The molecule has 43 heavy (non-hydrogen) atoms. The highest BCUT2D eigenvalue weighted by atomic mass is 32.2. The quantitative estimate of drug-likeness (QED) is 0.258. The Morgan fingerprint density at radius 2 is 1.77 bits per heavy atom. The number of aryl methyl sites for hydroxylation is 1. The molecule has 1 unspecified atom stereocenters. The van der Waals surface area contributed by atoms with Crippen LogP contribution in [0.5, 0.6) is 17.2 Å². The van der Waals surface area contributed by atoms with Gasteiger partial charge in [0, 0.05) is 22.7 Å². The van der Waals surface area contributed by atoms with Crippen LogP contribution < -0.4 is 29.2 Å². The van der Waals surface area contributed by atoms with Crippen molar-refractivity contribution in [2.45, 2.75) is 50.5 Å². The lowest BCUT2D eigenvalue weighted by Gasteiger charge is -2.22. The van der Waals surface area contributed by atoms with Gasteiger partial charge in [-0.15, -0.1) is 0 Å². The zero-order chi connectivity index (χ0) is 30.6. The number of rotatable bonds is 11. The lowest BCUT2D eigenvalue weighted by Crippen LogP contribution is -2.42. The van der Waals surface area contributed by atoms with Gasteiger partial charge in [0.25, 0.3) is 21.8 Å². The van der Waals surface area contributed by atoms with Gasteiger partial charge in [-0.3, -0.25) is 9.59 Å². The number of hydrazine groups is 2. The summed E-state index contributed by atoms with van der Waals surface area (Å²) in [5.41, 5.74) is 5.12. The summed E-state index contributed by atoms with van der Waals surface area (Å²) in [6, 6.07) is 16.1. The Balaban J connectivity index is 1.44. The Kier molecular flexibility index (Phi) is 9.14. The molecule has 0 saturated carbocycles. The van der Waals surface area contributed by atoms with Gasteiger partial charge in [-0.05, 0) is 77.9 Å². The second kappa shape index (κ2) is 13.0. The molecular weight excluding hydrogens is 592 g/mol. The van der Waals surface area contributed by atoms with E-state index in [1.807, 2.05) is 20.8 Å². The number of carbonyl (C=O) groups excluding carboxylic acids is 2. The van der Waals surface area contributed by atoms with Crippen LogP contribution in [-0.4, -0.2) is 32.1 Å². The van der Waals surface area contributed by atoms with Gasteiger partial charge in [0.1, 0.15) is 5.75 Å². The minimum atomic E-state index is -4.21. The lowest BCUT2D eigenvalue weighted by molar-refractivity contribution is -0.126. The van der Waals surface area contributed by atoms with E-state index in [4.69, 9.17) is 14.2 Å². The van der Waals surface area contributed by atoms with Crippen LogP contribution in [0.25, 0.3) is 0 Å². The highest BCUT2D eigenvalue weighted by molar-refractivity contribution is 8.00. The Bertz CT molecular complexity index is 1640. The minimum Gasteiger partial charge on any atom is -0.475 e. The summed E-state index contributed by atoms with van der Waals surface area (Å²) in [6.07, 6.45) is 1.58. The summed E-state index contributed by atoms with van der Waals surface area (Å²) in [5.74, 6) is 0.240. The Morgan fingerprint density at radius 3 is 2.47 bits per heavy atom. The number of sulfonamides is 1. The molecule has 0 fully saturated rings. The van der Waals surface area contributed by atoms with E-state index in [2.05, 4.69) is 15.0 Å². The number of carbonyl (C=O) groups is 2. The summed E-state index contributed by atoms with van der Waals surface area (Å²) >= 11 is 1.31. The van der Waals surface area contributed by atoms with Crippen LogP contribution in [-0.2, 0) is 21.2 Å². The minimum absolute atomic E-state index is 0.0306. The summed E-state index contributed by atoms with van der Waals surface area (Å²) < 4.78 is 45.8. The number of ether oxygens (including phenoxy) is 3. The van der Waals surface area contributed by atoms with Crippen molar-refractivity contribution >= 4 is 33.8 Å². The number of hydrogen-bond donors (Lipinski definition) is 3. The summed E-state index contributed by atoms with van der Waals surface area (Å²) in [7, 11) is -4.21. The number of amides is 2. The molecule has 2 aliphatic heterocycles. The van der Waals surface area contributed by atoms with Gasteiger partial charge < -0.3 is 14.2 Å². The van der Waals surface area contributed by atoms with Crippen molar-refractivity contribution in [1.82, 2.24) is 20.1 Å². The van der Waals surface area contributed by atoms with Gasteiger partial charge in [-0.2, -0.15) is 4.83 Å². The van der Waals surface area contributed by atoms with Gasteiger partial charge in [0.05, 0.1) is 4.90 Å². The van der Waals surface area contributed by atoms with Crippen molar-refractivity contribution in [2.75, 3.05) is 6.79 Å². The summed E-state index contributed by atoms with van der Waals surface area (Å²) in [6.45, 7) is 6.02. The maximum atomic E-state index is 13.7. The first-order valence-corrected chi connectivity index (χ1v) is 16.0. The fourth-order valence-corrected chi connectivity index (χ4v) is 5.94. The van der Waals surface area contributed by atoms with E-state index in [9.17, 15) is 18.0 Å². The smallest absolute Gasteiger partial charge is 0.279 e. The Morgan fingerprint density at radius 1 is 1.02 bits per heavy atom. The molecule has 3 aromatic rings. The largest absolute Gasteiger partial charge is 0.475 e. The fraction of sp³-hybridized carbons (Fsp3) is 0.267. The molecule has 3 N–H and O–H groups in total. The highest BCUT2D eigenvalue weighted by Crippen LogP contribution is 2.36. The van der Waals surface area contributed by atoms with E-state index in [-0.39, 0.29) is 23.5 Å². The molecule has 5 rings (SSSR count). The van der Waals surface area contributed by atoms with Crippen LogP contribution in [0, 0.1) is 0 Å². The zero-order valence-corrected chi connectivity index (χ0v) is 25.5. The third kappa shape index (κ3) is 7.07. The van der Waals surface area contributed by atoms with Crippen LogP contribution in [0.1, 0.15) is 66.3 Å². The van der Waals surface area contributed by atoms with Crippen molar-refractivity contribution in [1.29, 1.82) is 0 Å². The predicted molar refractivity (Wildman–Crippen MR) is 161 cm³/mol. The van der Waals surface area contributed by atoms with Gasteiger partial charge in [0.2, 0.25) is 12.9 Å². The molecule has 1 atom stereocenters. The third-order valence-corrected chi connectivity index (χ3v) is 8.69. The SMILES string of the molecule is CCCc1cc(C(=O)NN2C=CSN2)ccc1OC(C(=O)NS(=O)(=O)c1ccc(C(C)C)cc1)c1ccc2c(c1)OCO2. The highest BCUT2D eigenvalue weighted by Gasteiger charge is 2.30. The second-order valence-electron chi connectivity index (χ2n) is 10.2. The molecule has 0 aromatic heterocycles.